The SMILES string of the molecule is CCc1cccc(C(N)=c2ccc(=C(c3ccc(N(CC)Cc4ccccc4S(=O)(=O)O)cc3)c3ccccc3S(=O)(=O)O)cc2)c1S(=O)(=O)O. The molecule has 0 amide bonds. The molecule has 0 saturated carbocycles. The van der Waals surface area contributed by atoms with Crippen molar-refractivity contribution in [1.82, 2.24) is 0 Å². The first-order valence-corrected chi connectivity index (χ1v) is 20.0. The monoisotopic (exact) mass is 748 g/mol. The Morgan fingerprint density at radius 2 is 1.12 bits per heavy atom. The third-order valence-electron chi connectivity index (χ3n) is 8.46. The van der Waals surface area contributed by atoms with Crippen molar-refractivity contribution in [3.63, 3.8) is 0 Å². The summed E-state index contributed by atoms with van der Waals surface area (Å²) in [7, 11) is -13.7. The molecule has 0 atom stereocenters. The Bertz CT molecular complexity index is 2550. The number of nitrogens with zero attached hydrogens (tertiary/aromatic N) is 1. The van der Waals surface area contributed by atoms with Gasteiger partial charge in [-0.3, -0.25) is 13.7 Å². The van der Waals surface area contributed by atoms with E-state index in [0.29, 0.717) is 45.7 Å². The molecule has 0 bridgehead atoms. The fourth-order valence-corrected chi connectivity index (χ4v) is 8.46. The number of nitrogens with two attached hydrogens (primary N) is 1. The zero-order valence-electron chi connectivity index (χ0n) is 27.6. The predicted octanol–water partition coefficient (Wildman–Crippen LogP) is 4.38. The minimum absolute atomic E-state index is 0.101. The summed E-state index contributed by atoms with van der Waals surface area (Å²) in [5.41, 5.74) is 9.50. The Kier molecular flexibility index (Phi) is 10.9. The van der Waals surface area contributed by atoms with Crippen molar-refractivity contribution < 1.29 is 38.9 Å². The normalized spacial score (nSPS) is 12.0. The minimum Gasteiger partial charge on any atom is -0.398 e. The maximum atomic E-state index is 12.5. The molecule has 0 aliphatic rings. The molecule has 0 aliphatic carbocycles. The molecule has 5 aromatic carbocycles. The second-order valence-electron chi connectivity index (χ2n) is 11.6. The van der Waals surface area contributed by atoms with Gasteiger partial charge in [-0.15, -0.1) is 0 Å². The van der Waals surface area contributed by atoms with E-state index in [2.05, 4.69) is 0 Å². The topological polar surface area (TPSA) is 192 Å². The zero-order valence-corrected chi connectivity index (χ0v) is 30.1. The molecule has 0 saturated heterocycles. The summed E-state index contributed by atoms with van der Waals surface area (Å²) in [5, 5.41) is 0.987. The Morgan fingerprint density at radius 1 is 0.588 bits per heavy atom. The van der Waals surface area contributed by atoms with Crippen LogP contribution in [0.25, 0.3) is 11.3 Å². The van der Waals surface area contributed by atoms with E-state index in [-0.39, 0.29) is 38.1 Å². The molecule has 266 valence electrons. The second kappa shape index (κ2) is 14.8. The number of anilines is 1. The smallest absolute Gasteiger partial charge is 0.295 e. The summed E-state index contributed by atoms with van der Waals surface area (Å²) in [4.78, 5) is 1.13. The van der Waals surface area contributed by atoms with Crippen LogP contribution in [0.3, 0.4) is 0 Å². The summed E-state index contributed by atoms with van der Waals surface area (Å²) >= 11 is 0. The van der Waals surface area contributed by atoms with Crippen LogP contribution in [0, 0.1) is 0 Å². The summed E-state index contributed by atoms with van der Waals surface area (Å²) in [6.07, 6.45) is 0.341. The standard InChI is InChI=1S/C37H36N2O9S3/c1-3-25-11-9-13-32(37(25)51(46,47)48)36(38)28-18-16-26(17-19-28)35(31-12-6-8-15-34(31)50(43,44)45)27-20-22-30(23-21-27)39(4-2)24-29-10-5-7-14-33(29)49(40,41)42/h5-23H,3-4,24,38H2,1-2H3,(H,40,41,42)(H,43,44,45)(H,46,47,48). The van der Waals surface area contributed by atoms with Crippen molar-refractivity contribution in [3.05, 3.63) is 154 Å². The summed E-state index contributed by atoms with van der Waals surface area (Å²) < 4.78 is 104. The zero-order chi connectivity index (χ0) is 37.1. The van der Waals surface area contributed by atoms with Gasteiger partial charge in [0.05, 0.1) is 4.90 Å². The van der Waals surface area contributed by atoms with Crippen molar-refractivity contribution in [2.24, 2.45) is 5.73 Å². The summed E-state index contributed by atoms with van der Waals surface area (Å²) in [5.74, 6) is 0. The summed E-state index contributed by atoms with van der Waals surface area (Å²) in [6.45, 7) is 4.32. The maximum Gasteiger partial charge on any atom is 0.295 e. The molecule has 5 rings (SSSR count). The molecular formula is C37H36N2O9S3. The lowest BCUT2D eigenvalue weighted by molar-refractivity contribution is 0.479. The average molecular weight is 749 g/mol. The molecule has 0 spiro atoms. The molecular weight excluding hydrogens is 713 g/mol. The van der Waals surface area contributed by atoms with Crippen molar-refractivity contribution in [2.45, 2.75) is 41.5 Å². The van der Waals surface area contributed by atoms with Crippen molar-refractivity contribution >= 4 is 47.3 Å². The molecule has 0 fully saturated rings. The number of hydrogen-bond donors (Lipinski definition) is 4. The van der Waals surface area contributed by atoms with Gasteiger partial charge in [0.2, 0.25) is 0 Å². The Hall–Kier alpha value is -4.83. The first-order valence-electron chi connectivity index (χ1n) is 15.7. The van der Waals surface area contributed by atoms with Gasteiger partial charge >= 0.3 is 0 Å². The van der Waals surface area contributed by atoms with E-state index in [0.717, 1.165) is 5.69 Å². The van der Waals surface area contributed by atoms with Crippen LogP contribution in [0.15, 0.2) is 130 Å². The van der Waals surface area contributed by atoms with Crippen LogP contribution >= 0.6 is 0 Å². The largest absolute Gasteiger partial charge is 0.398 e. The van der Waals surface area contributed by atoms with Crippen molar-refractivity contribution in [3.8, 4) is 0 Å². The molecule has 51 heavy (non-hydrogen) atoms. The lowest BCUT2D eigenvalue weighted by Gasteiger charge is -2.24. The molecule has 0 aromatic heterocycles. The predicted molar refractivity (Wildman–Crippen MR) is 195 cm³/mol. The number of benzene rings is 5. The highest BCUT2D eigenvalue weighted by Crippen LogP contribution is 2.30. The van der Waals surface area contributed by atoms with Gasteiger partial charge in [0.25, 0.3) is 30.4 Å². The number of aryl methyl sites for hydroxylation is 1. The lowest BCUT2D eigenvalue weighted by Crippen LogP contribution is -2.23. The Balaban J connectivity index is 1.68. The van der Waals surface area contributed by atoms with Gasteiger partial charge in [0, 0.05) is 35.6 Å². The average Bonchev–Trinajstić information content (AvgIpc) is 3.10. The van der Waals surface area contributed by atoms with Gasteiger partial charge < -0.3 is 10.6 Å². The maximum absolute atomic E-state index is 12.5. The molecule has 14 heteroatoms. The lowest BCUT2D eigenvalue weighted by atomic mass is 9.94. The van der Waals surface area contributed by atoms with Crippen LogP contribution in [-0.4, -0.2) is 45.5 Å². The van der Waals surface area contributed by atoms with Gasteiger partial charge in [-0.1, -0.05) is 97.9 Å². The van der Waals surface area contributed by atoms with E-state index < -0.39 is 30.4 Å². The van der Waals surface area contributed by atoms with Crippen LogP contribution in [0.5, 0.6) is 0 Å². The van der Waals surface area contributed by atoms with Gasteiger partial charge in [-0.25, -0.2) is 0 Å². The molecule has 5 aromatic rings. The first kappa shape index (κ1) is 37.4. The van der Waals surface area contributed by atoms with Crippen LogP contribution in [0.2, 0.25) is 0 Å². The van der Waals surface area contributed by atoms with Crippen LogP contribution < -0.4 is 21.1 Å². The Morgan fingerprint density at radius 3 is 1.69 bits per heavy atom. The molecule has 0 unspecified atom stereocenters. The molecule has 0 aliphatic heterocycles. The molecule has 11 nitrogen and oxygen atoms in total. The first-order chi connectivity index (χ1) is 24.0. The molecule has 0 radical (unpaired) electrons. The molecule has 0 heterocycles. The van der Waals surface area contributed by atoms with Gasteiger partial charge in [-0.2, -0.15) is 25.3 Å². The van der Waals surface area contributed by atoms with E-state index in [9.17, 15) is 38.9 Å². The van der Waals surface area contributed by atoms with Crippen molar-refractivity contribution in [1.29, 1.82) is 0 Å². The highest BCUT2D eigenvalue weighted by Gasteiger charge is 2.22. The highest BCUT2D eigenvalue weighted by atomic mass is 32.2. The van der Waals surface area contributed by atoms with E-state index in [1.165, 1.54) is 30.3 Å². The van der Waals surface area contributed by atoms with Gasteiger partial charge in [0.15, 0.2) is 0 Å². The fraction of sp³-hybridized carbons (Fsp3) is 0.135. The van der Waals surface area contributed by atoms with E-state index in [1.54, 1.807) is 91.9 Å². The van der Waals surface area contributed by atoms with Gasteiger partial charge in [0.1, 0.15) is 9.79 Å². The number of rotatable bonds is 11. The summed E-state index contributed by atoms with van der Waals surface area (Å²) in [6, 6.07) is 30.7. The Labute approximate surface area is 297 Å². The molecule has 5 N–H and O–H groups in total. The highest BCUT2D eigenvalue weighted by molar-refractivity contribution is 7.86. The second-order valence-corrected chi connectivity index (χ2v) is 15.7. The van der Waals surface area contributed by atoms with Crippen LogP contribution in [0.1, 0.15) is 41.7 Å². The minimum atomic E-state index is -4.66. The van der Waals surface area contributed by atoms with E-state index in [1.807, 2.05) is 11.8 Å². The quantitative estimate of drug-likeness (QED) is 0.140. The fourth-order valence-electron chi connectivity index (χ4n) is 6.04. The third-order valence-corrected chi connectivity index (χ3v) is 11.3. The van der Waals surface area contributed by atoms with Gasteiger partial charge in [-0.05, 0) is 70.3 Å². The van der Waals surface area contributed by atoms with Crippen LogP contribution in [0.4, 0.5) is 5.69 Å². The third kappa shape index (κ3) is 8.22. The van der Waals surface area contributed by atoms with E-state index in [4.69, 9.17) is 5.73 Å². The number of hydrogen-bond acceptors (Lipinski definition) is 8. The van der Waals surface area contributed by atoms with Crippen molar-refractivity contribution in [2.75, 3.05) is 11.4 Å². The van der Waals surface area contributed by atoms with Crippen LogP contribution in [-0.2, 0) is 43.3 Å². The van der Waals surface area contributed by atoms with E-state index >= 15 is 0 Å².